The number of alkyl halides is 3. The van der Waals surface area contributed by atoms with Crippen LogP contribution in [-0.2, 0) is 4.79 Å². The lowest BCUT2D eigenvalue weighted by atomic mass is 10.1. The average molecular weight is 302 g/mol. The van der Waals surface area contributed by atoms with Gasteiger partial charge in [0.15, 0.2) is 0 Å². The summed E-state index contributed by atoms with van der Waals surface area (Å²) < 4.78 is -1.50. The molecule has 0 spiro atoms. The number of likely N-dealkylation sites (tertiary alicyclic amines) is 1. The van der Waals surface area contributed by atoms with Gasteiger partial charge < -0.3 is 5.32 Å². The van der Waals surface area contributed by atoms with E-state index in [0.29, 0.717) is 0 Å². The molecule has 1 aliphatic rings. The molecule has 17 heavy (non-hydrogen) atoms. The second-order valence-electron chi connectivity index (χ2n) is 4.70. The molecule has 1 rings (SSSR count). The van der Waals surface area contributed by atoms with Crippen LogP contribution in [0.2, 0.25) is 0 Å². The van der Waals surface area contributed by atoms with Crippen molar-refractivity contribution in [3.05, 3.63) is 0 Å². The molecule has 100 valence electrons. The van der Waals surface area contributed by atoms with Gasteiger partial charge in [-0.3, -0.25) is 9.69 Å². The van der Waals surface area contributed by atoms with E-state index < -0.39 is 9.96 Å². The lowest BCUT2D eigenvalue weighted by molar-refractivity contribution is -0.126. The zero-order chi connectivity index (χ0) is 13.1. The second-order valence-corrected chi connectivity index (χ2v) is 7.07. The first-order valence-electron chi connectivity index (χ1n) is 5.93. The minimum Gasteiger partial charge on any atom is -0.336 e. The Morgan fingerprint density at radius 1 is 1.18 bits per heavy atom. The van der Waals surface area contributed by atoms with Crippen molar-refractivity contribution < 1.29 is 4.79 Å². The first-order chi connectivity index (χ1) is 7.82. The fourth-order valence-electron chi connectivity index (χ4n) is 1.86. The Balaban J connectivity index is 2.69. The Labute approximate surface area is 118 Å². The van der Waals surface area contributed by atoms with Gasteiger partial charge in [-0.1, -0.05) is 55.1 Å². The lowest BCUT2D eigenvalue weighted by Gasteiger charge is -2.38. The largest absolute Gasteiger partial charge is 0.336 e. The van der Waals surface area contributed by atoms with Crippen LogP contribution >= 0.6 is 34.8 Å². The van der Waals surface area contributed by atoms with E-state index in [9.17, 15) is 4.79 Å². The first-order valence-corrected chi connectivity index (χ1v) is 7.07. The maximum absolute atomic E-state index is 11.7. The molecule has 0 aromatic heterocycles. The highest BCUT2D eigenvalue weighted by Gasteiger charge is 2.39. The monoisotopic (exact) mass is 300 g/mol. The highest BCUT2D eigenvalue weighted by molar-refractivity contribution is 6.68. The van der Waals surface area contributed by atoms with Crippen molar-refractivity contribution in [1.29, 1.82) is 0 Å². The summed E-state index contributed by atoms with van der Waals surface area (Å²) >= 11 is 17.9. The Morgan fingerprint density at radius 2 is 1.71 bits per heavy atom. The number of halogens is 3. The van der Waals surface area contributed by atoms with Crippen LogP contribution < -0.4 is 5.32 Å². The molecular weight excluding hydrogens is 282 g/mol. The van der Waals surface area contributed by atoms with E-state index in [1.165, 1.54) is 6.42 Å². The molecule has 0 saturated carbocycles. The first kappa shape index (κ1) is 15.4. The number of nitrogens with zero attached hydrogens (tertiary/aromatic N) is 1. The van der Waals surface area contributed by atoms with Gasteiger partial charge in [-0.2, -0.15) is 0 Å². The normalized spacial score (nSPS) is 20.4. The van der Waals surface area contributed by atoms with Crippen molar-refractivity contribution in [1.82, 2.24) is 10.2 Å². The van der Waals surface area contributed by atoms with Crippen molar-refractivity contribution in [3.8, 4) is 0 Å². The van der Waals surface area contributed by atoms with Gasteiger partial charge in [0, 0.05) is 19.0 Å². The van der Waals surface area contributed by atoms with Crippen LogP contribution in [0.5, 0.6) is 0 Å². The summed E-state index contributed by atoms with van der Waals surface area (Å²) in [5, 5.41) is 2.82. The molecule has 1 amide bonds. The van der Waals surface area contributed by atoms with Crippen LogP contribution in [0.4, 0.5) is 0 Å². The van der Waals surface area contributed by atoms with Gasteiger partial charge in [0.2, 0.25) is 9.70 Å². The molecule has 1 unspecified atom stereocenters. The van der Waals surface area contributed by atoms with Crippen molar-refractivity contribution >= 4 is 40.7 Å². The number of piperidine rings is 1. The third-order valence-corrected chi connectivity index (χ3v) is 3.49. The third-order valence-electron chi connectivity index (χ3n) is 2.87. The summed E-state index contributed by atoms with van der Waals surface area (Å²) in [5.41, 5.74) is 0. The smallest absolute Gasteiger partial charge is 0.223 e. The van der Waals surface area contributed by atoms with Crippen molar-refractivity contribution in [2.24, 2.45) is 5.92 Å². The molecule has 0 bridgehead atoms. The molecule has 1 aliphatic heterocycles. The predicted molar refractivity (Wildman–Crippen MR) is 72.5 cm³/mol. The highest BCUT2D eigenvalue weighted by Crippen LogP contribution is 2.33. The van der Waals surface area contributed by atoms with Crippen LogP contribution in [0, 0.1) is 5.92 Å². The SMILES string of the molecule is CC(C)C(=O)NC(N1CCCCC1)C(Cl)(Cl)Cl. The van der Waals surface area contributed by atoms with Gasteiger partial charge in [0.05, 0.1) is 0 Å². The maximum atomic E-state index is 11.7. The van der Waals surface area contributed by atoms with Crippen molar-refractivity contribution in [2.45, 2.75) is 43.1 Å². The number of hydrogen-bond donors (Lipinski definition) is 1. The fourth-order valence-corrected chi connectivity index (χ4v) is 2.44. The summed E-state index contributed by atoms with van der Waals surface area (Å²) in [7, 11) is 0. The Morgan fingerprint density at radius 3 is 2.12 bits per heavy atom. The Kier molecular flexibility index (Phi) is 5.84. The van der Waals surface area contributed by atoms with E-state index >= 15 is 0 Å². The minimum absolute atomic E-state index is 0.0908. The van der Waals surface area contributed by atoms with E-state index in [1.54, 1.807) is 0 Å². The highest BCUT2D eigenvalue weighted by atomic mass is 35.6. The fraction of sp³-hybridized carbons (Fsp3) is 0.909. The molecular formula is C11H19Cl3N2O. The van der Waals surface area contributed by atoms with E-state index in [2.05, 4.69) is 5.32 Å². The standard InChI is InChI=1S/C11H19Cl3N2O/c1-8(2)9(17)15-10(11(12,13)14)16-6-4-3-5-7-16/h8,10H,3-7H2,1-2H3,(H,15,17). The quantitative estimate of drug-likeness (QED) is 0.813. The summed E-state index contributed by atoms with van der Waals surface area (Å²) in [5.74, 6) is -0.207. The van der Waals surface area contributed by atoms with Crippen molar-refractivity contribution in [2.75, 3.05) is 13.1 Å². The zero-order valence-corrected chi connectivity index (χ0v) is 12.4. The summed E-state index contributed by atoms with van der Waals surface area (Å²) in [6.07, 6.45) is 2.81. The van der Waals surface area contributed by atoms with Crippen molar-refractivity contribution in [3.63, 3.8) is 0 Å². The molecule has 1 atom stereocenters. The van der Waals surface area contributed by atoms with Gasteiger partial charge in [-0.25, -0.2) is 0 Å². The maximum Gasteiger partial charge on any atom is 0.223 e. The number of rotatable bonds is 3. The summed E-state index contributed by atoms with van der Waals surface area (Å²) in [6.45, 7) is 5.36. The molecule has 1 fully saturated rings. The van der Waals surface area contributed by atoms with Gasteiger partial charge in [0.1, 0.15) is 6.17 Å². The zero-order valence-electron chi connectivity index (χ0n) is 10.2. The lowest BCUT2D eigenvalue weighted by Crippen LogP contribution is -2.57. The Bertz CT molecular complexity index is 260. The molecule has 0 radical (unpaired) electrons. The van der Waals surface area contributed by atoms with Crippen LogP contribution in [0.3, 0.4) is 0 Å². The molecule has 0 aromatic carbocycles. The summed E-state index contributed by atoms with van der Waals surface area (Å²) in [4.78, 5) is 13.8. The van der Waals surface area contributed by atoms with Gasteiger partial charge in [0.25, 0.3) is 0 Å². The number of carbonyl (C=O) groups excluding carboxylic acids is 1. The second kappa shape index (κ2) is 6.46. The van der Waals surface area contributed by atoms with E-state index in [1.807, 2.05) is 18.7 Å². The van der Waals surface area contributed by atoms with Crippen LogP contribution in [0.15, 0.2) is 0 Å². The molecule has 1 N–H and O–H groups in total. The average Bonchev–Trinajstić information content (AvgIpc) is 2.25. The van der Waals surface area contributed by atoms with E-state index in [0.717, 1.165) is 25.9 Å². The van der Waals surface area contributed by atoms with Gasteiger partial charge in [-0.15, -0.1) is 0 Å². The molecule has 1 saturated heterocycles. The number of hydrogen-bond acceptors (Lipinski definition) is 2. The molecule has 1 heterocycles. The third kappa shape index (κ3) is 4.82. The topological polar surface area (TPSA) is 32.3 Å². The predicted octanol–water partition coefficient (Wildman–Crippen LogP) is 2.94. The van der Waals surface area contributed by atoms with Crippen LogP contribution in [-0.4, -0.2) is 33.9 Å². The molecule has 6 heteroatoms. The van der Waals surface area contributed by atoms with Gasteiger partial charge in [-0.05, 0) is 12.8 Å². The number of carbonyl (C=O) groups is 1. The number of nitrogens with one attached hydrogen (secondary N) is 1. The minimum atomic E-state index is -1.50. The Hall–Kier alpha value is 0.300. The van der Waals surface area contributed by atoms with Crippen LogP contribution in [0.25, 0.3) is 0 Å². The summed E-state index contributed by atoms with van der Waals surface area (Å²) in [6, 6.07) is 0. The number of amides is 1. The molecule has 0 aliphatic carbocycles. The van der Waals surface area contributed by atoms with Crippen LogP contribution in [0.1, 0.15) is 33.1 Å². The van der Waals surface area contributed by atoms with E-state index in [4.69, 9.17) is 34.8 Å². The van der Waals surface area contributed by atoms with Gasteiger partial charge >= 0.3 is 0 Å². The molecule has 3 nitrogen and oxygen atoms in total. The molecule has 0 aromatic rings. The van der Waals surface area contributed by atoms with E-state index in [-0.39, 0.29) is 11.8 Å².